The van der Waals surface area contributed by atoms with E-state index in [4.69, 9.17) is 9.47 Å². The summed E-state index contributed by atoms with van der Waals surface area (Å²) < 4.78 is 11.0. The number of anilines is 1. The number of hydrogen-bond donors (Lipinski definition) is 0. The molecule has 2 aliphatic rings. The molecule has 0 radical (unpaired) electrons. The molecule has 1 unspecified atom stereocenters. The van der Waals surface area contributed by atoms with Crippen LogP contribution in [0.5, 0.6) is 5.75 Å². The van der Waals surface area contributed by atoms with E-state index in [9.17, 15) is 9.59 Å². The van der Waals surface area contributed by atoms with Crippen LogP contribution in [0.15, 0.2) is 60.7 Å². The van der Waals surface area contributed by atoms with Crippen molar-refractivity contribution in [2.45, 2.75) is 32.3 Å². The van der Waals surface area contributed by atoms with Gasteiger partial charge in [-0.3, -0.25) is 9.59 Å². The van der Waals surface area contributed by atoms with E-state index < -0.39 is 0 Å². The zero-order valence-electron chi connectivity index (χ0n) is 23.3. The summed E-state index contributed by atoms with van der Waals surface area (Å²) in [7, 11) is 1.64. The Kier molecular flexibility index (Phi) is 8.91. The van der Waals surface area contributed by atoms with Crippen LogP contribution in [0.2, 0.25) is 0 Å². The van der Waals surface area contributed by atoms with Crippen molar-refractivity contribution >= 4 is 17.6 Å². The third-order valence-corrected chi connectivity index (χ3v) is 7.65. The average molecular weight is 544 g/mol. The highest BCUT2D eigenvalue weighted by atomic mass is 16.5. The standard InChI is InChI=1S/C31H37N5O4/c1-23-7-3-4-9-27(23)31(38)36(21-26-8-5-20-40-26)22-30(37)35-17-6-16-34(18-19-35)29-15-14-28(32-33-29)24-10-12-25(39-2)13-11-24/h3-4,7,9-15,26H,5-6,8,16-22H2,1-2H3. The van der Waals surface area contributed by atoms with Crippen molar-refractivity contribution in [2.24, 2.45) is 0 Å². The van der Waals surface area contributed by atoms with Crippen LogP contribution in [0.25, 0.3) is 11.3 Å². The molecule has 2 fully saturated rings. The number of carbonyl (C=O) groups excluding carboxylic acids is 2. The van der Waals surface area contributed by atoms with Crippen molar-refractivity contribution in [1.29, 1.82) is 0 Å². The zero-order chi connectivity index (χ0) is 27.9. The number of nitrogens with zero attached hydrogens (tertiary/aromatic N) is 5. The second-order valence-electron chi connectivity index (χ2n) is 10.4. The average Bonchev–Trinajstić information content (AvgIpc) is 3.38. The maximum atomic E-state index is 13.5. The Bertz CT molecular complexity index is 1290. The van der Waals surface area contributed by atoms with Gasteiger partial charge in [0, 0.05) is 50.5 Å². The number of methoxy groups -OCH3 is 1. The highest BCUT2D eigenvalue weighted by molar-refractivity contribution is 5.97. The minimum Gasteiger partial charge on any atom is -0.497 e. The molecule has 0 spiro atoms. The topological polar surface area (TPSA) is 88.1 Å². The summed E-state index contributed by atoms with van der Waals surface area (Å²) in [6, 6.07) is 19.2. The SMILES string of the molecule is COc1ccc(-c2ccc(N3CCCN(C(=O)CN(CC4CCCO4)C(=O)c4ccccc4C)CC3)nn2)cc1. The normalized spacial score (nSPS) is 17.4. The van der Waals surface area contributed by atoms with Crippen molar-refractivity contribution in [3.63, 3.8) is 0 Å². The Morgan fingerprint density at radius 2 is 1.80 bits per heavy atom. The first kappa shape index (κ1) is 27.6. The van der Waals surface area contributed by atoms with E-state index in [0.717, 1.165) is 54.2 Å². The monoisotopic (exact) mass is 543 g/mol. The van der Waals surface area contributed by atoms with Crippen LogP contribution < -0.4 is 9.64 Å². The van der Waals surface area contributed by atoms with Gasteiger partial charge >= 0.3 is 0 Å². The Morgan fingerprint density at radius 3 is 2.50 bits per heavy atom. The van der Waals surface area contributed by atoms with E-state index in [0.29, 0.717) is 38.3 Å². The van der Waals surface area contributed by atoms with E-state index in [1.807, 2.05) is 72.5 Å². The number of aromatic nitrogens is 2. The van der Waals surface area contributed by atoms with Gasteiger partial charge in [0.05, 0.1) is 18.9 Å². The largest absolute Gasteiger partial charge is 0.497 e. The molecule has 9 heteroatoms. The summed E-state index contributed by atoms with van der Waals surface area (Å²) in [5.74, 6) is 1.43. The number of carbonyl (C=O) groups is 2. The van der Waals surface area contributed by atoms with Gasteiger partial charge in [0.2, 0.25) is 5.91 Å². The summed E-state index contributed by atoms with van der Waals surface area (Å²) in [4.78, 5) is 32.7. The number of ether oxygens (including phenoxy) is 2. The first-order valence-corrected chi connectivity index (χ1v) is 14.0. The van der Waals surface area contributed by atoms with Crippen molar-refractivity contribution in [3.8, 4) is 17.0 Å². The molecule has 0 aliphatic carbocycles. The Hall–Kier alpha value is -3.98. The summed E-state index contributed by atoms with van der Waals surface area (Å²) in [6.07, 6.45) is 2.67. The lowest BCUT2D eigenvalue weighted by molar-refractivity contribution is -0.132. The molecule has 2 aliphatic heterocycles. The summed E-state index contributed by atoms with van der Waals surface area (Å²) in [6.45, 7) is 5.73. The molecular formula is C31H37N5O4. The molecule has 2 aromatic carbocycles. The highest BCUT2D eigenvalue weighted by Gasteiger charge is 2.28. The van der Waals surface area contributed by atoms with Gasteiger partial charge in [-0.05, 0) is 74.2 Å². The van der Waals surface area contributed by atoms with Crippen LogP contribution in [0.3, 0.4) is 0 Å². The molecule has 1 aromatic heterocycles. The van der Waals surface area contributed by atoms with Crippen LogP contribution in [0.4, 0.5) is 5.82 Å². The lowest BCUT2D eigenvalue weighted by Gasteiger charge is -2.29. The molecule has 0 N–H and O–H groups in total. The van der Waals surface area contributed by atoms with Gasteiger partial charge in [0.1, 0.15) is 12.3 Å². The van der Waals surface area contributed by atoms with Gasteiger partial charge in [0.25, 0.3) is 5.91 Å². The van der Waals surface area contributed by atoms with E-state index in [-0.39, 0.29) is 24.5 Å². The van der Waals surface area contributed by atoms with Crippen LogP contribution >= 0.6 is 0 Å². The second kappa shape index (κ2) is 12.9. The van der Waals surface area contributed by atoms with Crippen molar-refractivity contribution in [1.82, 2.24) is 20.0 Å². The van der Waals surface area contributed by atoms with Crippen molar-refractivity contribution in [3.05, 3.63) is 71.8 Å². The second-order valence-corrected chi connectivity index (χ2v) is 10.4. The molecular weight excluding hydrogens is 506 g/mol. The first-order chi connectivity index (χ1) is 19.5. The molecule has 210 valence electrons. The summed E-state index contributed by atoms with van der Waals surface area (Å²) >= 11 is 0. The number of aryl methyl sites for hydroxylation is 1. The Morgan fingerprint density at radius 1 is 0.975 bits per heavy atom. The minimum absolute atomic E-state index is 0.0279. The lowest BCUT2D eigenvalue weighted by atomic mass is 10.1. The van der Waals surface area contributed by atoms with Gasteiger partial charge in [-0.1, -0.05) is 18.2 Å². The van der Waals surface area contributed by atoms with E-state index in [2.05, 4.69) is 15.1 Å². The third-order valence-electron chi connectivity index (χ3n) is 7.65. The Balaban J connectivity index is 1.22. The van der Waals surface area contributed by atoms with Gasteiger partial charge in [0.15, 0.2) is 5.82 Å². The van der Waals surface area contributed by atoms with E-state index in [1.165, 1.54) is 0 Å². The molecule has 2 amide bonds. The molecule has 3 heterocycles. The molecule has 2 saturated heterocycles. The van der Waals surface area contributed by atoms with Gasteiger partial charge in [-0.25, -0.2) is 0 Å². The molecule has 0 saturated carbocycles. The zero-order valence-corrected chi connectivity index (χ0v) is 23.3. The number of amides is 2. The lowest BCUT2D eigenvalue weighted by Crippen LogP contribution is -2.46. The molecule has 3 aromatic rings. The molecule has 40 heavy (non-hydrogen) atoms. The number of hydrogen-bond acceptors (Lipinski definition) is 7. The van der Waals surface area contributed by atoms with Crippen LogP contribution in [0.1, 0.15) is 35.2 Å². The van der Waals surface area contributed by atoms with Gasteiger partial charge < -0.3 is 24.2 Å². The van der Waals surface area contributed by atoms with Crippen LogP contribution in [-0.2, 0) is 9.53 Å². The Labute approximate surface area is 235 Å². The van der Waals surface area contributed by atoms with E-state index >= 15 is 0 Å². The predicted octanol–water partition coefficient (Wildman–Crippen LogP) is 3.82. The first-order valence-electron chi connectivity index (χ1n) is 14.0. The highest BCUT2D eigenvalue weighted by Crippen LogP contribution is 2.22. The predicted molar refractivity (Wildman–Crippen MR) is 153 cm³/mol. The van der Waals surface area contributed by atoms with Crippen molar-refractivity contribution < 1.29 is 19.1 Å². The fourth-order valence-corrected chi connectivity index (χ4v) is 5.31. The fraction of sp³-hybridized carbons (Fsp3) is 0.419. The van der Waals surface area contributed by atoms with Gasteiger partial charge in [-0.15, -0.1) is 10.2 Å². The number of rotatable bonds is 8. The summed E-state index contributed by atoms with van der Waals surface area (Å²) in [5, 5.41) is 8.92. The molecule has 5 rings (SSSR count). The molecule has 1 atom stereocenters. The van der Waals surface area contributed by atoms with Crippen molar-refractivity contribution in [2.75, 3.05) is 57.9 Å². The molecule has 0 bridgehead atoms. The fourth-order valence-electron chi connectivity index (χ4n) is 5.31. The maximum absolute atomic E-state index is 13.5. The van der Waals surface area contributed by atoms with Crippen LogP contribution in [0, 0.1) is 6.92 Å². The number of benzene rings is 2. The van der Waals surface area contributed by atoms with E-state index in [1.54, 1.807) is 12.0 Å². The third kappa shape index (κ3) is 6.59. The summed E-state index contributed by atoms with van der Waals surface area (Å²) in [5.41, 5.74) is 3.30. The van der Waals surface area contributed by atoms with Gasteiger partial charge in [-0.2, -0.15) is 0 Å². The minimum atomic E-state index is -0.120. The molecule has 9 nitrogen and oxygen atoms in total. The quantitative estimate of drug-likeness (QED) is 0.427. The smallest absolute Gasteiger partial charge is 0.254 e. The maximum Gasteiger partial charge on any atom is 0.254 e. The van der Waals surface area contributed by atoms with Crippen LogP contribution in [-0.4, -0.2) is 90.9 Å².